The molecule has 1 atom stereocenters. The van der Waals surface area contributed by atoms with Crippen LogP contribution in [0.5, 0.6) is 0 Å². The summed E-state index contributed by atoms with van der Waals surface area (Å²) in [6.07, 6.45) is 0.577. The van der Waals surface area contributed by atoms with E-state index in [0.29, 0.717) is 31.7 Å². The standard InChI is InChI=1S/C16H23FN2O3/c1-11-4-5-13(10-14(11)17)12(2)19-15(20)18-7-6-16(3)21-8-9-22-16/h4-5,10,12H,6-9H2,1-3H3,(H2,18,19,20). The normalized spacial score (nSPS) is 18.0. The molecule has 0 saturated carbocycles. The smallest absolute Gasteiger partial charge is 0.315 e. The summed E-state index contributed by atoms with van der Waals surface area (Å²) in [7, 11) is 0. The maximum Gasteiger partial charge on any atom is 0.315 e. The molecule has 0 bridgehead atoms. The molecule has 1 aromatic carbocycles. The van der Waals surface area contributed by atoms with Crippen molar-refractivity contribution in [1.82, 2.24) is 10.6 Å². The van der Waals surface area contributed by atoms with Crippen molar-refractivity contribution in [3.05, 3.63) is 35.1 Å². The molecule has 1 aliphatic rings. The van der Waals surface area contributed by atoms with Crippen molar-refractivity contribution >= 4 is 6.03 Å². The number of hydrogen-bond donors (Lipinski definition) is 2. The van der Waals surface area contributed by atoms with Gasteiger partial charge >= 0.3 is 6.03 Å². The second kappa shape index (κ2) is 7.07. The van der Waals surface area contributed by atoms with Crippen molar-refractivity contribution in [2.24, 2.45) is 0 Å². The van der Waals surface area contributed by atoms with E-state index in [2.05, 4.69) is 10.6 Å². The van der Waals surface area contributed by atoms with Gasteiger partial charge in [-0.05, 0) is 38.0 Å². The van der Waals surface area contributed by atoms with Crippen LogP contribution in [0.15, 0.2) is 18.2 Å². The minimum absolute atomic E-state index is 0.269. The van der Waals surface area contributed by atoms with Gasteiger partial charge in [0, 0.05) is 13.0 Å². The van der Waals surface area contributed by atoms with Gasteiger partial charge in [0.2, 0.25) is 0 Å². The van der Waals surface area contributed by atoms with E-state index in [1.54, 1.807) is 13.0 Å². The average molecular weight is 310 g/mol. The first kappa shape index (κ1) is 16.7. The highest BCUT2D eigenvalue weighted by atomic mass is 19.1. The first-order chi connectivity index (χ1) is 10.4. The zero-order valence-electron chi connectivity index (χ0n) is 13.2. The number of nitrogens with one attached hydrogen (secondary N) is 2. The van der Waals surface area contributed by atoms with Gasteiger partial charge in [-0.3, -0.25) is 0 Å². The largest absolute Gasteiger partial charge is 0.348 e. The van der Waals surface area contributed by atoms with Crippen molar-refractivity contribution in [2.75, 3.05) is 19.8 Å². The van der Waals surface area contributed by atoms with Crippen molar-refractivity contribution in [3.63, 3.8) is 0 Å². The maximum atomic E-state index is 13.5. The quantitative estimate of drug-likeness (QED) is 0.879. The van der Waals surface area contributed by atoms with Gasteiger partial charge in [-0.1, -0.05) is 12.1 Å². The summed E-state index contributed by atoms with van der Waals surface area (Å²) in [6.45, 7) is 6.98. The summed E-state index contributed by atoms with van der Waals surface area (Å²) < 4.78 is 24.5. The molecule has 2 rings (SSSR count). The van der Waals surface area contributed by atoms with Gasteiger partial charge in [-0.2, -0.15) is 0 Å². The third-order valence-corrected chi connectivity index (χ3v) is 3.81. The molecule has 22 heavy (non-hydrogen) atoms. The van der Waals surface area contributed by atoms with E-state index in [4.69, 9.17) is 9.47 Å². The third kappa shape index (κ3) is 4.42. The lowest BCUT2D eigenvalue weighted by Crippen LogP contribution is -2.40. The van der Waals surface area contributed by atoms with Crippen LogP contribution < -0.4 is 10.6 Å². The van der Waals surface area contributed by atoms with E-state index in [1.807, 2.05) is 19.9 Å². The maximum absolute atomic E-state index is 13.5. The fraction of sp³-hybridized carbons (Fsp3) is 0.562. The summed E-state index contributed by atoms with van der Waals surface area (Å²) in [5.41, 5.74) is 1.32. The van der Waals surface area contributed by atoms with Gasteiger partial charge in [-0.15, -0.1) is 0 Å². The summed E-state index contributed by atoms with van der Waals surface area (Å²) in [4.78, 5) is 11.9. The Hall–Kier alpha value is -1.66. The number of aryl methyl sites for hydroxylation is 1. The van der Waals surface area contributed by atoms with Crippen LogP contribution in [0.4, 0.5) is 9.18 Å². The molecule has 0 spiro atoms. The van der Waals surface area contributed by atoms with Gasteiger partial charge in [0.05, 0.1) is 19.3 Å². The molecule has 2 N–H and O–H groups in total. The lowest BCUT2D eigenvalue weighted by atomic mass is 10.1. The number of halogens is 1. The molecule has 5 nitrogen and oxygen atoms in total. The van der Waals surface area contributed by atoms with Crippen LogP contribution >= 0.6 is 0 Å². The highest BCUT2D eigenvalue weighted by Crippen LogP contribution is 2.21. The van der Waals surface area contributed by atoms with E-state index in [9.17, 15) is 9.18 Å². The van der Waals surface area contributed by atoms with E-state index >= 15 is 0 Å². The molecule has 2 amide bonds. The van der Waals surface area contributed by atoms with E-state index in [1.165, 1.54) is 6.07 Å². The number of ether oxygens (including phenoxy) is 2. The van der Waals surface area contributed by atoms with Gasteiger partial charge in [-0.25, -0.2) is 9.18 Å². The van der Waals surface area contributed by atoms with Crippen LogP contribution in [0.25, 0.3) is 0 Å². The Kier molecular flexibility index (Phi) is 5.37. The second-order valence-corrected chi connectivity index (χ2v) is 5.71. The monoisotopic (exact) mass is 310 g/mol. The third-order valence-electron chi connectivity index (χ3n) is 3.81. The SMILES string of the molecule is Cc1ccc(C(C)NC(=O)NCCC2(C)OCCO2)cc1F. The molecule has 0 radical (unpaired) electrons. The average Bonchev–Trinajstić information content (AvgIpc) is 2.88. The fourth-order valence-corrected chi connectivity index (χ4v) is 2.31. The first-order valence-corrected chi connectivity index (χ1v) is 7.48. The summed E-state index contributed by atoms with van der Waals surface area (Å²) in [5, 5.41) is 5.54. The molecule has 122 valence electrons. The van der Waals surface area contributed by atoms with Crippen LogP contribution in [0, 0.1) is 12.7 Å². The molecule has 1 aliphatic heterocycles. The highest BCUT2D eigenvalue weighted by Gasteiger charge is 2.30. The Bertz CT molecular complexity index is 530. The predicted octanol–water partition coefficient (Wildman–Crippen LogP) is 2.65. The Morgan fingerprint density at radius 2 is 2.09 bits per heavy atom. The van der Waals surface area contributed by atoms with Crippen molar-refractivity contribution in [2.45, 2.75) is 39.0 Å². The fourth-order valence-electron chi connectivity index (χ4n) is 2.31. The molecule has 1 saturated heterocycles. The molecule has 1 heterocycles. The predicted molar refractivity (Wildman–Crippen MR) is 81.0 cm³/mol. The van der Waals surface area contributed by atoms with E-state index < -0.39 is 5.79 Å². The lowest BCUT2D eigenvalue weighted by Gasteiger charge is -2.22. The van der Waals surface area contributed by atoms with Gasteiger partial charge in [0.25, 0.3) is 0 Å². The number of benzene rings is 1. The zero-order chi connectivity index (χ0) is 16.2. The van der Waals surface area contributed by atoms with Crippen LogP contribution in [0.1, 0.15) is 37.4 Å². The number of carbonyl (C=O) groups is 1. The Morgan fingerprint density at radius 3 is 2.73 bits per heavy atom. The van der Waals surface area contributed by atoms with Crippen LogP contribution in [-0.2, 0) is 9.47 Å². The summed E-state index contributed by atoms with van der Waals surface area (Å²) in [6, 6.07) is 4.39. The number of carbonyl (C=O) groups excluding carboxylic acids is 1. The number of hydrogen-bond acceptors (Lipinski definition) is 3. The molecule has 0 aliphatic carbocycles. The Balaban J connectivity index is 1.77. The molecular weight excluding hydrogens is 287 g/mol. The molecule has 1 unspecified atom stereocenters. The molecular formula is C16H23FN2O3. The van der Waals surface area contributed by atoms with Crippen LogP contribution in [-0.4, -0.2) is 31.6 Å². The van der Waals surface area contributed by atoms with Gasteiger partial charge in [0.15, 0.2) is 5.79 Å². The number of amides is 2. The van der Waals surface area contributed by atoms with Crippen molar-refractivity contribution < 1.29 is 18.7 Å². The van der Waals surface area contributed by atoms with Gasteiger partial charge in [0.1, 0.15) is 5.82 Å². The first-order valence-electron chi connectivity index (χ1n) is 7.48. The molecule has 6 heteroatoms. The van der Waals surface area contributed by atoms with Crippen molar-refractivity contribution in [1.29, 1.82) is 0 Å². The minimum atomic E-state index is -0.612. The zero-order valence-corrected chi connectivity index (χ0v) is 13.2. The molecule has 0 aromatic heterocycles. The molecule has 1 aromatic rings. The highest BCUT2D eigenvalue weighted by molar-refractivity contribution is 5.74. The van der Waals surface area contributed by atoms with Gasteiger partial charge < -0.3 is 20.1 Å². The number of urea groups is 1. The second-order valence-electron chi connectivity index (χ2n) is 5.71. The van der Waals surface area contributed by atoms with Crippen molar-refractivity contribution in [3.8, 4) is 0 Å². The van der Waals surface area contributed by atoms with Crippen LogP contribution in [0.3, 0.4) is 0 Å². The lowest BCUT2D eigenvalue weighted by molar-refractivity contribution is -0.145. The summed E-state index contributed by atoms with van der Waals surface area (Å²) >= 11 is 0. The van der Waals surface area contributed by atoms with Crippen LogP contribution in [0.2, 0.25) is 0 Å². The Labute approximate surface area is 130 Å². The molecule has 1 fully saturated rings. The van der Waals surface area contributed by atoms with E-state index in [-0.39, 0.29) is 17.9 Å². The number of rotatable bonds is 5. The topological polar surface area (TPSA) is 59.6 Å². The summed E-state index contributed by atoms with van der Waals surface area (Å²) in [5.74, 6) is -0.881. The Morgan fingerprint density at radius 1 is 1.41 bits per heavy atom. The minimum Gasteiger partial charge on any atom is -0.348 e. The van der Waals surface area contributed by atoms with E-state index in [0.717, 1.165) is 5.56 Å².